The van der Waals surface area contributed by atoms with Crippen molar-refractivity contribution in [3.63, 3.8) is 0 Å². The minimum absolute atomic E-state index is 0.219. The van der Waals surface area contributed by atoms with E-state index in [4.69, 9.17) is 16.6 Å². The molecule has 1 aromatic rings. The summed E-state index contributed by atoms with van der Waals surface area (Å²) in [5, 5.41) is 11.4. The molecule has 1 aromatic heterocycles. The Balaban J connectivity index is 2.32. The van der Waals surface area contributed by atoms with Crippen molar-refractivity contribution in [1.29, 1.82) is 0 Å². The van der Waals surface area contributed by atoms with Gasteiger partial charge in [0.2, 0.25) is 0 Å². The highest BCUT2D eigenvalue weighted by Crippen LogP contribution is 2.36. The lowest BCUT2D eigenvalue weighted by atomic mass is 9.98. The summed E-state index contributed by atoms with van der Waals surface area (Å²) in [5.74, 6) is -1.50. The summed E-state index contributed by atoms with van der Waals surface area (Å²) in [6.45, 7) is 3.61. The number of thiocarbonyl (C=S) groups is 1. The number of amides is 1. The molecule has 2 rings (SSSR count). The molecule has 1 aliphatic rings. The molecule has 1 amide bonds. The zero-order valence-corrected chi connectivity index (χ0v) is 15.1. The van der Waals surface area contributed by atoms with Gasteiger partial charge < -0.3 is 14.3 Å². The van der Waals surface area contributed by atoms with Crippen molar-refractivity contribution in [2.75, 3.05) is 0 Å². The quantitative estimate of drug-likeness (QED) is 0.555. The fraction of sp³-hybridized carbons (Fsp3) is 0.357. The highest BCUT2D eigenvalue weighted by atomic mass is 79.9. The van der Waals surface area contributed by atoms with Gasteiger partial charge in [0.05, 0.1) is 16.9 Å². The average molecular weight is 403 g/mol. The number of carbonyl (C=O) groups is 2. The summed E-state index contributed by atoms with van der Waals surface area (Å²) in [4.78, 5) is 25.4. The Morgan fingerprint density at radius 3 is 2.77 bits per heavy atom. The lowest BCUT2D eigenvalue weighted by Crippen LogP contribution is -2.53. The number of furan rings is 1. The number of aliphatic carboxylic acids is 1. The van der Waals surface area contributed by atoms with Crippen LogP contribution in [0.15, 0.2) is 26.1 Å². The number of hydrogen-bond donors (Lipinski definition) is 0. The first kappa shape index (κ1) is 17.2. The average Bonchev–Trinajstić information content (AvgIpc) is 2.97. The van der Waals surface area contributed by atoms with Crippen LogP contribution in [0.5, 0.6) is 0 Å². The van der Waals surface area contributed by atoms with E-state index in [-0.39, 0.29) is 10.2 Å². The third-order valence-corrected chi connectivity index (χ3v) is 5.15. The fourth-order valence-corrected chi connectivity index (χ4v) is 3.70. The largest absolute Gasteiger partial charge is 0.548 e. The number of rotatable bonds is 5. The second-order valence-corrected chi connectivity index (χ2v) is 7.30. The third kappa shape index (κ3) is 3.44. The molecular formula is C14H13BrNO4S2-. The molecule has 1 saturated heterocycles. The lowest BCUT2D eigenvalue weighted by molar-refractivity contribution is -0.311. The normalized spacial score (nSPS) is 19.8. The summed E-state index contributed by atoms with van der Waals surface area (Å²) in [5.41, 5.74) is 0. The van der Waals surface area contributed by atoms with Crippen molar-refractivity contribution < 1.29 is 19.1 Å². The number of thioether (sulfide) groups is 1. The Morgan fingerprint density at radius 1 is 1.59 bits per heavy atom. The Morgan fingerprint density at radius 2 is 2.27 bits per heavy atom. The fourth-order valence-electron chi connectivity index (χ4n) is 2.07. The minimum atomic E-state index is -1.30. The van der Waals surface area contributed by atoms with E-state index < -0.39 is 17.9 Å². The molecule has 22 heavy (non-hydrogen) atoms. The van der Waals surface area contributed by atoms with Gasteiger partial charge in [-0.25, -0.2) is 0 Å². The maximum atomic E-state index is 12.5. The molecule has 0 aliphatic carbocycles. The first-order chi connectivity index (χ1) is 10.3. The number of halogens is 1. The second-order valence-electron chi connectivity index (χ2n) is 4.84. The molecule has 8 heteroatoms. The zero-order chi connectivity index (χ0) is 16.4. The van der Waals surface area contributed by atoms with Gasteiger partial charge in [-0.1, -0.05) is 44.2 Å². The molecule has 0 aromatic carbocycles. The SMILES string of the molecule is CC[C@H](C)[C@@H](C(=O)[O-])N1C(=O)/C(=C\c2ccc(Br)o2)SC1=S. The molecule has 5 nitrogen and oxygen atoms in total. The molecule has 2 atom stereocenters. The summed E-state index contributed by atoms with van der Waals surface area (Å²) in [6, 6.07) is 2.34. The van der Waals surface area contributed by atoms with Crippen molar-refractivity contribution in [3.05, 3.63) is 27.5 Å². The van der Waals surface area contributed by atoms with Crippen molar-refractivity contribution >= 4 is 62.2 Å². The summed E-state index contributed by atoms with van der Waals surface area (Å²) in [6.07, 6.45) is 2.15. The Hall–Kier alpha value is -1.12. The van der Waals surface area contributed by atoms with Crippen molar-refractivity contribution in [3.8, 4) is 0 Å². The van der Waals surface area contributed by atoms with Crippen LogP contribution in [0, 0.1) is 5.92 Å². The molecule has 0 unspecified atom stereocenters. The minimum Gasteiger partial charge on any atom is -0.548 e. The van der Waals surface area contributed by atoms with E-state index >= 15 is 0 Å². The van der Waals surface area contributed by atoms with Crippen molar-refractivity contribution in [2.45, 2.75) is 26.3 Å². The Bertz CT molecular complexity index is 655. The van der Waals surface area contributed by atoms with Gasteiger partial charge in [-0.2, -0.15) is 0 Å². The Kier molecular flexibility index (Phi) is 5.46. The molecule has 2 heterocycles. The lowest BCUT2D eigenvalue weighted by Gasteiger charge is -2.32. The van der Waals surface area contributed by atoms with Crippen molar-refractivity contribution in [1.82, 2.24) is 4.90 Å². The van der Waals surface area contributed by atoms with Crippen LogP contribution in [-0.4, -0.2) is 27.1 Å². The van der Waals surface area contributed by atoms with E-state index in [1.807, 2.05) is 6.92 Å². The smallest absolute Gasteiger partial charge is 0.266 e. The summed E-state index contributed by atoms with van der Waals surface area (Å²) < 4.78 is 6.09. The van der Waals surface area contributed by atoms with Gasteiger partial charge in [0, 0.05) is 6.08 Å². The maximum Gasteiger partial charge on any atom is 0.266 e. The van der Waals surface area contributed by atoms with E-state index in [9.17, 15) is 14.7 Å². The van der Waals surface area contributed by atoms with Crippen LogP contribution < -0.4 is 5.11 Å². The number of nitrogens with zero attached hydrogens (tertiary/aromatic N) is 1. The molecule has 0 N–H and O–H groups in total. The third-order valence-electron chi connectivity index (χ3n) is 3.39. The molecule has 0 spiro atoms. The van der Waals surface area contributed by atoms with E-state index in [0.29, 0.717) is 21.8 Å². The van der Waals surface area contributed by atoms with E-state index in [2.05, 4.69) is 15.9 Å². The van der Waals surface area contributed by atoms with Gasteiger partial charge in [0.1, 0.15) is 10.1 Å². The zero-order valence-electron chi connectivity index (χ0n) is 11.9. The topological polar surface area (TPSA) is 73.6 Å². The van der Waals surface area contributed by atoms with Gasteiger partial charge >= 0.3 is 0 Å². The molecule has 1 fully saturated rings. The standard InChI is InChI=1S/C14H14BrNO4S2/c1-3-7(2)11(13(18)19)16-12(17)9(22-14(16)21)6-8-4-5-10(15)20-8/h4-7,11H,3H2,1-2H3,(H,18,19)/p-1/b9-6+/t7-,11-/m0/s1. The van der Waals surface area contributed by atoms with E-state index in [1.54, 1.807) is 25.1 Å². The molecule has 0 radical (unpaired) electrons. The van der Waals surface area contributed by atoms with Crippen LogP contribution in [0.2, 0.25) is 0 Å². The van der Waals surface area contributed by atoms with Gasteiger partial charge in [-0.15, -0.1) is 0 Å². The molecular weight excluding hydrogens is 390 g/mol. The molecule has 0 saturated carbocycles. The molecule has 0 bridgehead atoms. The van der Waals surface area contributed by atoms with Crippen LogP contribution in [0.25, 0.3) is 6.08 Å². The first-order valence-electron chi connectivity index (χ1n) is 6.58. The second kappa shape index (κ2) is 6.97. The predicted octanol–water partition coefficient (Wildman–Crippen LogP) is 2.41. The van der Waals surface area contributed by atoms with E-state index in [0.717, 1.165) is 16.7 Å². The van der Waals surface area contributed by atoms with Gasteiger partial charge in [0.15, 0.2) is 4.67 Å². The number of carboxylic acid groups (broad SMARTS) is 1. The van der Waals surface area contributed by atoms with Crippen molar-refractivity contribution in [2.24, 2.45) is 5.92 Å². The van der Waals surface area contributed by atoms with Gasteiger partial charge in [0.25, 0.3) is 5.91 Å². The molecule has 1 aliphatic heterocycles. The number of hydrogen-bond acceptors (Lipinski definition) is 6. The molecule has 118 valence electrons. The number of carboxylic acids is 1. The highest BCUT2D eigenvalue weighted by Gasteiger charge is 2.39. The van der Waals surface area contributed by atoms with Crippen LogP contribution in [0.4, 0.5) is 0 Å². The van der Waals surface area contributed by atoms with Crippen LogP contribution in [-0.2, 0) is 9.59 Å². The van der Waals surface area contributed by atoms with E-state index in [1.165, 1.54) is 0 Å². The van der Waals surface area contributed by atoms with Gasteiger partial charge in [-0.05, 0) is 34.0 Å². The number of carbonyl (C=O) groups excluding carboxylic acids is 2. The van der Waals surface area contributed by atoms with Crippen LogP contribution >= 0.6 is 39.9 Å². The van der Waals surface area contributed by atoms with Gasteiger partial charge in [-0.3, -0.25) is 9.69 Å². The maximum absolute atomic E-state index is 12.5. The first-order valence-corrected chi connectivity index (χ1v) is 8.60. The highest BCUT2D eigenvalue weighted by molar-refractivity contribution is 9.10. The Labute approximate surface area is 145 Å². The monoisotopic (exact) mass is 402 g/mol. The summed E-state index contributed by atoms with van der Waals surface area (Å²) >= 11 is 9.42. The van der Waals surface area contributed by atoms with Crippen LogP contribution in [0.3, 0.4) is 0 Å². The summed E-state index contributed by atoms with van der Waals surface area (Å²) in [7, 11) is 0. The predicted molar refractivity (Wildman–Crippen MR) is 89.7 cm³/mol. The van der Waals surface area contributed by atoms with Crippen LogP contribution in [0.1, 0.15) is 26.0 Å².